The van der Waals surface area contributed by atoms with Crippen LogP contribution < -0.4 is 5.32 Å². The van der Waals surface area contributed by atoms with Crippen LogP contribution in [0.1, 0.15) is 36.8 Å². The number of anilines is 1. The predicted octanol–water partition coefficient (Wildman–Crippen LogP) is 4.79. The average molecular weight is 384 g/mol. The molecule has 27 heavy (non-hydrogen) atoms. The topological polar surface area (TPSA) is 69.6 Å². The maximum absolute atomic E-state index is 11.0. The molecule has 2 unspecified atom stereocenters. The van der Waals surface area contributed by atoms with Crippen LogP contribution in [0.5, 0.6) is 0 Å². The Bertz CT molecular complexity index is 791. The number of hydrogen-bond acceptors (Lipinski definition) is 4. The molecule has 5 heteroatoms. The molecule has 0 amide bonds. The van der Waals surface area contributed by atoms with Crippen LogP contribution in [0, 0.1) is 0 Å². The quantitative estimate of drug-likeness (QED) is 0.474. The normalized spacial score (nSPS) is 19.9. The van der Waals surface area contributed by atoms with E-state index < -0.39 is 5.97 Å². The average Bonchev–Trinajstić information content (AvgIpc) is 2.68. The second-order valence-electron chi connectivity index (χ2n) is 6.80. The summed E-state index contributed by atoms with van der Waals surface area (Å²) in [5, 5.41) is 22.6. The van der Waals surface area contributed by atoms with Crippen molar-refractivity contribution in [2.75, 3.05) is 5.32 Å². The van der Waals surface area contributed by atoms with Crippen molar-refractivity contribution in [3.63, 3.8) is 0 Å². The van der Waals surface area contributed by atoms with Crippen LogP contribution >= 0.6 is 11.8 Å². The summed E-state index contributed by atoms with van der Waals surface area (Å²) in [6, 6.07) is 16.3. The first-order valence-corrected chi connectivity index (χ1v) is 10.3. The van der Waals surface area contributed by atoms with E-state index >= 15 is 0 Å². The van der Waals surface area contributed by atoms with Gasteiger partial charge in [0.1, 0.15) is 0 Å². The van der Waals surface area contributed by atoms with E-state index in [9.17, 15) is 9.90 Å². The van der Waals surface area contributed by atoms with Crippen molar-refractivity contribution in [3.05, 3.63) is 65.7 Å². The molecule has 0 saturated heterocycles. The second-order valence-corrected chi connectivity index (χ2v) is 7.85. The number of carboxylic acid groups (broad SMARTS) is 1. The van der Waals surface area contributed by atoms with E-state index in [1.165, 1.54) is 5.56 Å². The third kappa shape index (κ3) is 5.88. The minimum atomic E-state index is -0.971. The first-order valence-electron chi connectivity index (χ1n) is 9.28. The van der Waals surface area contributed by atoms with E-state index in [2.05, 4.69) is 17.4 Å². The van der Waals surface area contributed by atoms with Gasteiger partial charge in [0, 0.05) is 22.4 Å². The predicted molar refractivity (Wildman–Crippen MR) is 111 cm³/mol. The summed E-state index contributed by atoms with van der Waals surface area (Å²) in [6.45, 7) is 0. The Labute approximate surface area is 164 Å². The zero-order valence-corrected chi connectivity index (χ0v) is 16.0. The molecule has 4 nitrogen and oxygen atoms in total. The largest absolute Gasteiger partial charge is 0.478 e. The summed E-state index contributed by atoms with van der Waals surface area (Å²) < 4.78 is 0. The summed E-state index contributed by atoms with van der Waals surface area (Å²) in [5.41, 5.74) is 2.94. The lowest BCUT2D eigenvalue weighted by Crippen LogP contribution is -2.36. The molecule has 2 aromatic carbocycles. The number of aliphatic hydroxyl groups excluding tert-OH is 1. The van der Waals surface area contributed by atoms with Gasteiger partial charge in [0.2, 0.25) is 0 Å². The zero-order valence-electron chi connectivity index (χ0n) is 15.2. The van der Waals surface area contributed by atoms with Crippen molar-refractivity contribution < 1.29 is 15.0 Å². The number of thioether (sulfide) groups is 1. The summed E-state index contributed by atoms with van der Waals surface area (Å²) in [4.78, 5) is 12.1. The Morgan fingerprint density at radius 2 is 1.93 bits per heavy atom. The number of rotatable bonds is 7. The molecule has 1 fully saturated rings. The molecule has 0 aromatic heterocycles. The van der Waals surface area contributed by atoms with Crippen LogP contribution in [0.15, 0.2) is 59.5 Å². The van der Waals surface area contributed by atoms with Gasteiger partial charge in [-0.2, -0.15) is 0 Å². The minimum Gasteiger partial charge on any atom is -0.478 e. The highest BCUT2D eigenvalue weighted by Crippen LogP contribution is 2.30. The number of aliphatic hydroxyl groups is 1. The fourth-order valence-corrected chi connectivity index (χ4v) is 4.18. The van der Waals surface area contributed by atoms with Gasteiger partial charge in [-0.05, 0) is 48.2 Å². The number of hydrogen-bond donors (Lipinski definition) is 3. The zero-order chi connectivity index (χ0) is 19.1. The summed E-state index contributed by atoms with van der Waals surface area (Å²) in [7, 11) is 0. The van der Waals surface area contributed by atoms with E-state index in [-0.39, 0.29) is 12.1 Å². The van der Waals surface area contributed by atoms with Crippen molar-refractivity contribution in [2.45, 2.75) is 48.5 Å². The smallest absolute Gasteiger partial charge is 0.328 e. The molecule has 3 rings (SSSR count). The summed E-state index contributed by atoms with van der Waals surface area (Å²) in [6.07, 6.45) is 6.30. The second kappa shape index (κ2) is 9.62. The molecule has 0 aliphatic heterocycles. The van der Waals surface area contributed by atoms with Crippen molar-refractivity contribution in [2.24, 2.45) is 0 Å². The van der Waals surface area contributed by atoms with E-state index in [0.717, 1.165) is 53.7 Å². The Morgan fingerprint density at radius 3 is 2.67 bits per heavy atom. The standard InChI is InChI=1S/C22H25NO3S/c24-21-9-5-4-8-20(21)23-19-12-11-18(14-17(19)10-13-22(25)26)27-15-16-6-2-1-3-7-16/h1-3,6-7,10-14,20-21,23-24H,4-5,8-9,15H2,(H,25,26)/b13-10+. The molecule has 0 radical (unpaired) electrons. The van der Waals surface area contributed by atoms with Gasteiger partial charge in [-0.25, -0.2) is 4.79 Å². The van der Waals surface area contributed by atoms with Gasteiger partial charge in [0.25, 0.3) is 0 Å². The van der Waals surface area contributed by atoms with Gasteiger partial charge in [-0.15, -0.1) is 11.8 Å². The van der Waals surface area contributed by atoms with Crippen molar-refractivity contribution in [1.82, 2.24) is 0 Å². The van der Waals surface area contributed by atoms with Gasteiger partial charge >= 0.3 is 5.97 Å². The van der Waals surface area contributed by atoms with Gasteiger partial charge in [-0.1, -0.05) is 43.2 Å². The molecule has 3 N–H and O–H groups in total. The Kier molecular flexibility index (Phi) is 6.96. The molecule has 0 bridgehead atoms. The number of aliphatic carboxylic acids is 1. The van der Waals surface area contributed by atoms with Crippen LogP contribution in [-0.2, 0) is 10.5 Å². The van der Waals surface area contributed by atoms with Crippen LogP contribution in [0.4, 0.5) is 5.69 Å². The fourth-order valence-electron chi connectivity index (χ4n) is 3.28. The van der Waals surface area contributed by atoms with Crippen LogP contribution in [0.3, 0.4) is 0 Å². The highest BCUT2D eigenvalue weighted by molar-refractivity contribution is 7.98. The number of carbonyl (C=O) groups is 1. The minimum absolute atomic E-state index is 0.0125. The lowest BCUT2D eigenvalue weighted by atomic mass is 9.92. The molecule has 2 aromatic rings. The molecule has 142 valence electrons. The van der Waals surface area contributed by atoms with Gasteiger partial charge < -0.3 is 15.5 Å². The molecule has 0 heterocycles. The van der Waals surface area contributed by atoms with E-state index in [1.54, 1.807) is 17.8 Å². The first-order chi connectivity index (χ1) is 13.1. The summed E-state index contributed by atoms with van der Waals surface area (Å²) in [5.74, 6) is -0.113. The van der Waals surface area contributed by atoms with Crippen molar-refractivity contribution >= 4 is 29.5 Å². The van der Waals surface area contributed by atoms with E-state index in [4.69, 9.17) is 5.11 Å². The Hall–Kier alpha value is -2.24. The molecule has 1 aliphatic rings. The number of nitrogens with one attached hydrogen (secondary N) is 1. The SMILES string of the molecule is O=C(O)/C=C/c1cc(SCc2ccccc2)ccc1NC1CCCCC1O. The third-order valence-corrected chi connectivity index (χ3v) is 5.81. The molecule has 1 aliphatic carbocycles. The van der Waals surface area contributed by atoms with Gasteiger partial charge in [0.05, 0.1) is 12.1 Å². The van der Waals surface area contributed by atoms with Crippen molar-refractivity contribution in [3.8, 4) is 0 Å². The molecule has 1 saturated carbocycles. The third-order valence-electron chi connectivity index (χ3n) is 4.75. The van der Waals surface area contributed by atoms with Crippen molar-refractivity contribution in [1.29, 1.82) is 0 Å². The molecule has 0 spiro atoms. The molecular weight excluding hydrogens is 358 g/mol. The lowest BCUT2D eigenvalue weighted by molar-refractivity contribution is -0.131. The Balaban J connectivity index is 1.76. The van der Waals surface area contributed by atoms with Crippen LogP contribution in [0.25, 0.3) is 6.08 Å². The Morgan fingerprint density at radius 1 is 1.15 bits per heavy atom. The monoisotopic (exact) mass is 383 g/mol. The highest BCUT2D eigenvalue weighted by atomic mass is 32.2. The highest BCUT2D eigenvalue weighted by Gasteiger charge is 2.23. The lowest BCUT2D eigenvalue weighted by Gasteiger charge is -2.30. The first kappa shape index (κ1) is 19.5. The van der Waals surface area contributed by atoms with Crippen LogP contribution in [-0.4, -0.2) is 28.3 Å². The number of carboxylic acids is 1. The molecule has 2 atom stereocenters. The van der Waals surface area contributed by atoms with E-state index in [0.29, 0.717) is 0 Å². The van der Waals surface area contributed by atoms with Gasteiger partial charge in [0.15, 0.2) is 0 Å². The maximum atomic E-state index is 11.0. The fraction of sp³-hybridized carbons (Fsp3) is 0.318. The van der Waals surface area contributed by atoms with Gasteiger partial charge in [-0.3, -0.25) is 0 Å². The number of benzene rings is 2. The van der Waals surface area contributed by atoms with E-state index in [1.807, 2.05) is 36.4 Å². The molecular formula is C22H25NO3S. The van der Waals surface area contributed by atoms with Crippen LogP contribution in [0.2, 0.25) is 0 Å². The maximum Gasteiger partial charge on any atom is 0.328 e. The summed E-state index contributed by atoms with van der Waals surface area (Å²) >= 11 is 1.72.